The summed E-state index contributed by atoms with van der Waals surface area (Å²) in [5.74, 6) is 0.564. The van der Waals surface area contributed by atoms with Gasteiger partial charge >= 0.3 is 0 Å². The van der Waals surface area contributed by atoms with Crippen molar-refractivity contribution >= 4 is 44.4 Å². The molecule has 0 saturated carbocycles. The summed E-state index contributed by atoms with van der Waals surface area (Å²) >= 11 is 3.44. The smallest absolute Gasteiger partial charge is 0.266 e. The molecule has 0 bridgehead atoms. The Morgan fingerprint density at radius 2 is 1.75 bits per heavy atom. The van der Waals surface area contributed by atoms with Crippen LogP contribution in [-0.4, -0.2) is 20.1 Å². The number of ether oxygens (including phenoxy) is 2. The number of methoxy groups -OCH3 is 2. The van der Waals surface area contributed by atoms with Gasteiger partial charge in [0.05, 0.1) is 14.2 Å². The number of benzene rings is 3. The first-order chi connectivity index (χ1) is 13.6. The van der Waals surface area contributed by atoms with Crippen molar-refractivity contribution in [1.82, 2.24) is 0 Å². The fourth-order valence-electron chi connectivity index (χ4n) is 2.81. The zero-order valence-electron chi connectivity index (χ0n) is 15.3. The topological polar surface area (TPSA) is 71.3 Å². The molecule has 3 rings (SSSR count). The van der Waals surface area contributed by atoms with E-state index in [2.05, 4.69) is 21.2 Å². The van der Waals surface area contributed by atoms with Gasteiger partial charge in [-0.05, 0) is 35.2 Å². The highest BCUT2D eigenvalue weighted by Crippen LogP contribution is 2.34. The normalized spacial score (nSPS) is 11.0. The second-order valence-electron chi connectivity index (χ2n) is 5.88. The summed E-state index contributed by atoms with van der Waals surface area (Å²) in [6.07, 6.45) is 1.51. The lowest BCUT2D eigenvalue weighted by Crippen LogP contribution is -2.13. The van der Waals surface area contributed by atoms with Crippen molar-refractivity contribution in [3.8, 4) is 17.6 Å². The molecule has 28 heavy (non-hydrogen) atoms. The fourth-order valence-corrected chi connectivity index (χ4v) is 3.25. The lowest BCUT2D eigenvalue weighted by molar-refractivity contribution is -0.112. The highest BCUT2D eigenvalue weighted by Gasteiger charge is 2.14. The van der Waals surface area contributed by atoms with Gasteiger partial charge in [0.15, 0.2) is 11.5 Å². The number of halogens is 1. The number of carbonyl (C=O) groups is 1. The van der Waals surface area contributed by atoms with Crippen LogP contribution >= 0.6 is 15.9 Å². The molecule has 0 heterocycles. The predicted octanol–water partition coefficient (Wildman–Crippen LogP) is 5.17. The number of nitriles is 1. The number of rotatable bonds is 5. The SMILES string of the molecule is COc1cc(Br)c(/C=C(\C#N)C(=O)Nc2cccc3ccccc23)cc1OC. The maximum atomic E-state index is 12.7. The van der Waals surface area contributed by atoms with E-state index in [4.69, 9.17) is 9.47 Å². The van der Waals surface area contributed by atoms with E-state index in [0.29, 0.717) is 27.2 Å². The van der Waals surface area contributed by atoms with Crippen LogP contribution in [0.4, 0.5) is 5.69 Å². The minimum Gasteiger partial charge on any atom is -0.493 e. The largest absolute Gasteiger partial charge is 0.493 e. The van der Waals surface area contributed by atoms with Gasteiger partial charge in [-0.2, -0.15) is 5.26 Å². The van der Waals surface area contributed by atoms with Crippen LogP contribution in [0.2, 0.25) is 0 Å². The van der Waals surface area contributed by atoms with E-state index in [0.717, 1.165) is 10.8 Å². The summed E-state index contributed by atoms with van der Waals surface area (Å²) in [5, 5.41) is 14.3. The van der Waals surface area contributed by atoms with Gasteiger partial charge < -0.3 is 14.8 Å². The van der Waals surface area contributed by atoms with Gasteiger partial charge in [0.25, 0.3) is 5.91 Å². The number of fused-ring (bicyclic) bond motifs is 1. The molecule has 0 aliphatic carbocycles. The van der Waals surface area contributed by atoms with Gasteiger partial charge in [-0.25, -0.2) is 0 Å². The monoisotopic (exact) mass is 436 g/mol. The Bertz CT molecular complexity index is 1110. The van der Waals surface area contributed by atoms with Crippen molar-refractivity contribution in [3.05, 3.63) is 70.2 Å². The molecule has 0 aliphatic rings. The third-order valence-corrected chi connectivity index (χ3v) is 4.89. The van der Waals surface area contributed by atoms with Gasteiger partial charge in [-0.3, -0.25) is 4.79 Å². The summed E-state index contributed by atoms with van der Waals surface area (Å²) in [4.78, 5) is 12.7. The number of carbonyl (C=O) groups excluding carboxylic acids is 1. The first-order valence-electron chi connectivity index (χ1n) is 8.39. The van der Waals surface area contributed by atoms with Crippen molar-refractivity contribution in [2.24, 2.45) is 0 Å². The lowest BCUT2D eigenvalue weighted by atomic mass is 10.1. The predicted molar refractivity (Wildman–Crippen MR) is 113 cm³/mol. The maximum Gasteiger partial charge on any atom is 0.266 e. The van der Waals surface area contributed by atoms with Gasteiger partial charge in [0, 0.05) is 15.5 Å². The third kappa shape index (κ3) is 4.00. The molecule has 0 unspecified atom stereocenters. The van der Waals surface area contributed by atoms with Crippen molar-refractivity contribution in [2.75, 3.05) is 19.5 Å². The Balaban J connectivity index is 1.95. The average molecular weight is 437 g/mol. The molecule has 6 heteroatoms. The van der Waals surface area contributed by atoms with Gasteiger partial charge in [0.2, 0.25) is 0 Å². The van der Waals surface area contributed by atoms with Gasteiger partial charge in [-0.15, -0.1) is 0 Å². The van der Waals surface area contributed by atoms with E-state index in [1.807, 2.05) is 48.5 Å². The molecule has 3 aromatic rings. The first-order valence-corrected chi connectivity index (χ1v) is 9.19. The first kappa shape index (κ1) is 19.5. The lowest BCUT2D eigenvalue weighted by Gasteiger charge is -2.11. The quantitative estimate of drug-likeness (QED) is 0.442. The molecule has 0 fully saturated rings. The molecule has 0 saturated heterocycles. The highest BCUT2D eigenvalue weighted by atomic mass is 79.9. The van der Waals surface area contributed by atoms with Crippen LogP contribution in [0.5, 0.6) is 11.5 Å². The summed E-state index contributed by atoms with van der Waals surface area (Å²) in [6.45, 7) is 0. The number of hydrogen-bond donors (Lipinski definition) is 1. The number of amides is 1. The zero-order valence-corrected chi connectivity index (χ0v) is 16.9. The molecule has 140 valence electrons. The van der Waals surface area contributed by atoms with Crippen LogP contribution in [0.1, 0.15) is 5.56 Å². The fraction of sp³-hybridized carbons (Fsp3) is 0.0909. The van der Waals surface area contributed by atoms with Crippen molar-refractivity contribution in [1.29, 1.82) is 5.26 Å². The summed E-state index contributed by atoms with van der Waals surface area (Å²) in [6, 6.07) is 18.7. The Labute approximate surface area is 171 Å². The molecule has 0 aromatic heterocycles. The van der Waals surface area contributed by atoms with Crippen LogP contribution in [-0.2, 0) is 4.79 Å². The van der Waals surface area contributed by atoms with Crippen LogP contribution in [0.25, 0.3) is 16.8 Å². The molecule has 0 spiro atoms. The van der Waals surface area contributed by atoms with Crippen LogP contribution in [0.3, 0.4) is 0 Å². The molecular formula is C22H17BrN2O3. The molecule has 5 nitrogen and oxygen atoms in total. The zero-order chi connectivity index (χ0) is 20.1. The molecule has 1 N–H and O–H groups in total. The van der Waals surface area contributed by atoms with E-state index < -0.39 is 5.91 Å². The average Bonchev–Trinajstić information content (AvgIpc) is 2.72. The van der Waals surface area contributed by atoms with Gasteiger partial charge in [-0.1, -0.05) is 52.3 Å². The van der Waals surface area contributed by atoms with E-state index in [1.54, 1.807) is 12.1 Å². The highest BCUT2D eigenvalue weighted by molar-refractivity contribution is 9.10. The summed E-state index contributed by atoms with van der Waals surface area (Å²) < 4.78 is 11.2. The molecule has 0 radical (unpaired) electrons. The minimum atomic E-state index is -0.486. The Hall–Kier alpha value is -3.30. The van der Waals surface area contributed by atoms with Gasteiger partial charge in [0.1, 0.15) is 11.6 Å². The molecule has 0 aliphatic heterocycles. The Morgan fingerprint density at radius 3 is 2.46 bits per heavy atom. The summed E-state index contributed by atoms with van der Waals surface area (Å²) in [5.41, 5.74) is 1.25. The van der Waals surface area contributed by atoms with Crippen molar-refractivity contribution in [2.45, 2.75) is 0 Å². The van der Waals surface area contributed by atoms with Crippen LogP contribution in [0.15, 0.2) is 64.6 Å². The van der Waals surface area contributed by atoms with Crippen LogP contribution in [0, 0.1) is 11.3 Å². The number of nitrogens with one attached hydrogen (secondary N) is 1. The molecule has 1 amide bonds. The van der Waals surface area contributed by atoms with Crippen LogP contribution < -0.4 is 14.8 Å². The third-order valence-electron chi connectivity index (χ3n) is 4.21. The van der Waals surface area contributed by atoms with E-state index >= 15 is 0 Å². The Kier molecular flexibility index (Phi) is 5.97. The number of nitrogens with zero attached hydrogens (tertiary/aromatic N) is 1. The van der Waals surface area contributed by atoms with Crippen molar-refractivity contribution in [3.63, 3.8) is 0 Å². The van der Waals surface area contributed by atoms with E-state index in [1.165, 1.54) is 20.3 Å². The second-order valence-corrected chi connectivity index (χ2v) is 6.73. The van der Waals surface area contributed by atoms with E-state index in [-0.39, 0.29) is 5.57 Å². The maximum absolute atomic E-state index is 12.7. The molecular weight excluding hydrogens is 420 g/mol. The van der Waals surface area contributed by atoms with E-state index in [9.17, 15) is 10.1 Å². The number of anilines is 1. The standard InChI is InChI=1S/C22H17BrN2O3/c1-27-20-11-15(18(23)12-21(20)28-2)10-16(13-24)22(26)25-19-9-5-7-14-6-3-4-8-17(14)19/h3-12H,1-2H3,(H,25,26)/b16-10+. The molecule has 3 aromatic carbocycles. The molecule has 0 atom stereocenters. The number of hydrogen-bond acceptors (Lipinski definition) is 4. The minimum absolute atomic E-state index is 0.0270. The second kappa shape index (κ2) is 8.59. The van der Waals surface area contributed by atoms with Crippen molar-refractivity contribution < 1.29 is 14.3 Å². The summed E-state index contributed by atoms with van der Waals surface area (Å²) in [7, 11) is 3.07. The Morgan fingerprint density at radius 1 is 1.07 bits per heavy atom.